The van der Waals surface area contributed by atoms with Gasteiger partial charge < -0.3 is 4.43 Å². The first-order chi connectivity index (χ1) is 8.79. The van der Waals surface area contributed by atoms with Gasteiger partial charge in [-0.05, 0) is 42.1 Å². The highest BCUT2D eigenvalue weighted by molar-refractivity contribution is 6.74. The minimum Gasteiger partial charge on any atom is -0.547 e. The monoisotopic (exact) mass is 274 g/mol. The fraction of sp³-hybridized carbons (Fsp3) is 0.529. The van der Waals surface area contributed by atoms with Gasteiger partial charge in [0.2, 0.25) is 8.32 Å². The first kappa shape index (κ1) is 14.4. The van der Waals surface area contributed by atoms with Crippen molar-refractivity contribution in [2.45, 2.75) is 57.7 Å². The zero-order chi connectivity index (χ0) is 14.1. The zero-order valence-corrected chi connectivity index (χ0v) is 13.9. The highest BCUT2D eigenvalue weighted by Crippen LogP contribution is 2.41. The van der Waals surface area contributed by atoms with E-state index in [9.17, 15) is 0 Å². The third-order valence-electron chi connectivity index (χ3n) is 4.54. The van der Waals surface area contributed by atoms with Crippen LogP contribution in [0.3, 0.4) is 0 Å². The molecule has 0 aromatic heterocycles. The van der Waals surface area contributed by atoms with E-state index < -0.39 is 8.32 Å². The highest BCUT2D eigenvalue weighted by Gasteiger charge is 2.40. The second kappa shape index (κ2) is 5.16. The Morgan fingerprint density at radius 2 is 1.74 bits per heavy atom. The van der Waals surface area contributed by atoms with Crippen molar-refractivity contribution in [3.05, 3.63) is 47.7 Å². The van der Waals surface area contributed by atoms with Gasteiger partial charge in [-0.3, -0.25) is 0 Å². The maximum Gasteiger partial charge on any atom is 0.250 e. The first-order valence-electron chi connectivity index (χ1n) is 7.22. The second-order valence-electron chi connectivity index (χ2n) is 7.08. The summed E-state index contributed by atoms with van der Waals surface area (Å²) in [5.74, 6) is 1.83. The molecule has 0 aliphatic heterocycles. The van der Waals surface area contributed by atoms with E-state index in [2.05, 4.69) is 70.3 Å². The predicted molar refractivity (Wildman–Crippen MR) is 84.8 cm³/mol. The lowest BCUT2D eigenvalue weighted by atomic mass is 9.97. The lowest BCUT2D eigenvalue weighted by Gasteiger charge is -2.37. The van der Waals surface area contributed by atoms with Crippen molar-refractivity contribution >= 4 is 8.32 Å². The van der Waals surface area contributed by atoms with Crippen molar-refractivity contribution in [1.82, 2.24) is 0 Å². The molecule has 1 aromatic carbocycles. The van der Waals surface area contributed by atoms with Gasteiger partial charge in [-0.2, -0.15) is 0 Å². The van der Waals surface area contributed by atoms with Crippen LogP contribution in [0.4, 0.5) is 0 Å². The number of rotatable bonds is 3. The Hall–Kier alpha value is -1.02. The van der Waals surface area contributed by atoms with Gasteiger partial charge in [-0.1, -0.05) is 51.1 Å². The molecule has 1 unspecified atom stereocenters. The molecule has 0 heterocycles. The van der Waals surface area contributed by atoms with Gasteiger partial charge in [0.1, 0.15) is 0 Å². The standard InChI is InChI=1S/C17H26OSi/c1-17(2,3)19(4,5)18-16-12-11-15(13-16)14-9-7-6-8-10-14/h6-10,12,15H,11,13H2,1-5H3. The fourth-order valence-electron chi connectivity index (χ4n) is 2.23. The summed E-state index contributed by atoms with van der Waals surface area (Å²) < 4.78 is 6.41. The van der Waals surface area contributed by atoms with Crippen LogP contribution in [0, 0.1) is 0 Å². The number of benzene rings is 1. The lowest BCUT2D eigenvalue weighted by molar-refractivity contribution is 0.369. The topological polar surface area (TPSA) is 9.23 Å². The molecule has 0 fully saturated rings. The van der Waals surface area contributed by atoms with Gasteiger partial charge in [0.15, 0.2) is 0 Å². The van der Waals surface area contributed by atoms with Crippen LogP contribution in [-0.2, 0) is 4.43 Å². The third-order valence-corrected chi connectivity index (χ3v) is 8.93. The maximum absolute atomic E-state index is 6.41. The summed E-state index contributed by atoms with van der Waals surface area (Å²) in [4.78, 5) is 0. The quantitative estimate of drug-likeness (QED) is 0.664. The van der Waals surface area contributed by atoms with Crippen LogP contribution in [0.5, 0.6) is 0 Å². The number of hydrogen-bond acceptors (Lipinski definition) is 1. The van der Waals surface area contributed by atoms with Gasteiger partial charge in [0.05, 0.1) is 5.76 Å². The molecule has 0 saturated heterocycles. The third kappa shape index (κ3) is 3.30. The molecule has 1 nitrogen and oxygen atoms in total. The van der Waals surface area contributed by atoms with E-state index in [1.54, 1.807) is 0 Å². The van der Waals surface area contributed by atoms with E-state index in [-0.39, 0.29) is 5.04 Å². The molecule has 2 rings (SSSR count). The Morgan fingerprint density at radius 1 is 1.11 bits per heavy atom. The molecule has 0 N–H and O–H groups in total. The summed E-state index contributed by atoms with van der Waals surface area (Å²) in [7, 11) is -1.67. The smallest absolute Gasteiger partial charge is 0.250 e. The van der Waals surface area contributed by atoms with Crippen LogP contribution in [0.15, 0.2) is 42.2 Å². The summed E-state index contributed by atoms with van der Waals surface area (Å²) >= 11 is 0. The molecular weight excluding hydrogens is 248 g/mol. The molecule has 0 bridgehead atoms. The minimum absolute atomic E-state index is 0.276. The van der Waals surface area contributed by atoms with Gasteiger partial charge in [0.25, 0.3) is 0 Å². The van der Waals surface area contributed by atoms with E-state index in [1.807, 2.05) is 0 Å². The Bertz CT molecular complexity index is 454. The van der Waals surface area contributed by atoms with Crippen LogP contribution in [0.25, 0.3) is 0 Å². The Kier molecular flexibility index (Phi) is 3.91. The Labute approximate surface area is 118 Å². The SMILES string of the molecule is CC(C)(C)[Si](C)(C)OC1=CCC(c2ccccc2)C1. The number of hydrogen-bond donors (Lipinski definition) is 0. The normalized spacial score (nSPS) is 20.3. The van der Waals surface area contributed by atoms with Crippen molar-refractivity contribution in [3.63, 3.8) is 0 Å². The van der Waals surface area contributed by atoms with E-state index in [1.165, 1.54) is 11.3 Å². The second-order valence-corrected chi connectivity index (χ2v) is 11.8. The molecule has 0 spiro atoms. The fourth-order valence-corrected chi connectivity index (χ4v) is 3.35. The summed E-state index contributed by atoms with van der Waals surface area (Å²) in [5.41, 5.74) is 1.44. The molecule has 2 heteroatoms. The van der Waals surface area contributed by atoms with Crippen LogP contribution in [0.2, 0.25) is 18.1 Å². The average molecular weight is 274 g/mol. The molecular formula is C17H26OSi. The van der Waals surface area contributed by atoms with Gasteiger partial charge in [-0.25, -0.2) is 0 Å². The molecule has 0 amide bonds. The Morgan fingerprint density at radius 3 is 2.32 bits per heavy atom. The van der Waals surface area contributed by atoms with Crippen LogP contribution in [0.1, 0.15) is 45.1 Å². The Balaban J connectivity index is 2.00. The molecule has 1 aromatic rings. The van der Waals surface area contributed by atoms with Crippen LogP contribution < -0.4 is 0 Å². The van der Waals surface area contributed by atoms with Crippen molar-refractivity contribution in [1.29, 1.82) is 0 Å². The zero-order valence-electron chi connectivity index (χ0n) is 12.9. The molecule has 0 saturated carbocycles. The highest BCUT2D eigenvalue weighted by atomic mass is 28.4. The molecule has 1 aliphatic rings. The molecule has 1 aliphatic carbocycles. The summed E-state index contributed by atoms with van der Waals surface area (Å²) in [6.45, 7) is 11.5. The van der Waals surface area contributed by atoms with E-state index in [0.717, 1.165) is 12.8 Å². The summed E-state index contributed by atoms with van der Waals surface area (Å²) in [5, 5.41) is 0.276. The van der Waals surface area contributed by atoms with Crippen LogP contribution in [-0.4, -0.2) is 8.32 Å². The molecule has 19 heavy (non-hydrogen) atoms. The molecule has 1 atom stereocenters. The summed E-state index contributed by atoms with van der Waals surface area (Å²) in [6.07, 6.45) is 4.49. The maximum atomic E-state index is 6.41. The van der Waals surface area contributed by atoms with E-state index in [0.29, 0.717) is 5.92 Å². The minimum atomic E-state index is -1.67. The van der Waals surface area contributed by atoms with Crippen molar-refractivity contribution in [2.24, 2.45) is 0 Å². The van der Waals surface area contributed by atoms with Crippen molar-refractivity contribution < 1.29 is 4.43 Å². The molecule has 104 valence electrons. The number of allylic oxidation sites excluding steroid dienone is 2. The van der Waals surface area contributed by atoms with Crippen molar-refractivity contribution in [3.8, 4) is 0 Å². The average Bonchev–Trinajstić information content (AvgIpc) is 2.76. The first-order valence-corrected chi connectivity index (χ1v) is 10.1. The van der Waals surface area contributed by atoms with E-state index in [4.69, 9.17) is 4.43 Å². The van der Waals surface area contributed by atoms with Gasteiger partial charge in [-0.15, -0.1) is 0 Å². The lowest BCUT2D eigenvalue weighted by Crippen LogP contribution is -2.40. The predicted octanol–water partition coefficient (Wildman–Crippen LogP) is 5.47. The van der Waals surface area contributed by atoms with Gasteiger partial charge in [0, 0.05) is 6.42 Å². The van der Waals surface area contributed by atoms with Crippen molar-refractivity contribution in [2.75, 3.05) is 0 Å². The van der Waals surface area contributed by atoms with E-state index >= 15 is 0 Å². The van der Waals surface area contributed by atoms with Gasteiger partial charge >= 0.3 is 0 Å². The summed E-state index contributed by atoms with van der Waals surface area (Å²) in [6, 6.07) is 10.8. The molecule has 0 radical (unpaired) electrons. The van der Waals surface area contributed by atoms with Crippen LogP contribution >= 0.6 is 0 Å². The largest absolute Gasteiger partial charge is 0.547 e.